The maximum Gasteiger partial charge on any atom is 0.136 e. The smallest absolute Gasteiger partial charge is 0.136 e. The van der Waals surface area contributed by atoms with Crippen LogP contribution in [0.4, 0.5) is 0 Å². The molecule has 0 aliphatic carbocycles. The van der Waals surface area contributed by atoms with E-state index in [1.54, 1.807) is 0 Å². The van der Waals surface area contributed by atoms with Crippen LogP contribution < -0.4 is 4.74 Å². The van der Waals surface area contributed by atoms with Gasteiger partial charge in [0, 0.05) is 27.1 Å². The highest BCUT2D eigenvalue weighted by molar-refractivity contribution is 6.15. The van der Waals surface area contributed by atoms with Crippen molar-refractivity contribution in [1.82, 2.24) is 4.57 Å². The maximum atomic E-state index is 6.35. The van der Waals surface area contributed by atoms with Crippen LogP contribution in [0.25, 0.3) is 60.2 Å². The third-order valence-corrected chi connectivity index (χ3v) is 7.16. The molecule has 7 aromatic rings. The Hall–Kier alpha value is -4.56. The third kappa shape index (κ3) is 2.29. The molecule has 8 rings (SSSR count). The molecule has 1 aromatic heterocycles. The average molecular weight is 434 g/mol. The molecular formula is C32H19NO. The number of hydrogen-bond acceptors (Lipinski definition) is 1. The number of nitrogens with zero attached hydrogens (tertiary/aromatic N) is 1. The van der Waals surface area contributed by atoms with E-state index in [1.807, 2.05) is 12.1 Å². The van der Waals surface area contributed by atoms with Gasteiger partial charge in [-0.2, -0.15) is 0 Å². The molecule has 0 bridgehead atoms. The first-order valence-corrected chi connectivity index (χ1v) is 11.6. The molecule has 0 radical (unpaired) electrons. The fourth-order valence-electron chi connectivity index (χ4n) is 5.67. The maximum absolute atomic E-state index is 6.35. The van der Waals surface area contributed by atoms with E-state index in [2.05, 4.69) is 108 Å². The van der Waals surface area contributed by atoms with Crippen molar-refractivity contribution in [1.29, 1.82) is 0 Å². The molecule has 0 N–H and O–H groups in total. The first-order valence-electron chi connectivity index (χ1n) is 11.6. The summed E-state index contributed by atoms with van der Waals surface area (Å²) in [6.07, 6.45) is 0. The molecule has 0 saturated heterocycles. The number of benzene rings is 6. The molecule has 2 heteroatoms. The summed E-state index contributed by atoms with van der Waals surface area (Å²) in [6, 6.07) is 41.2. The van der Waals surface area contributed by atoms with Gasteiger partial charge in [0.15, 0.2) is 0 Å². The van der Waals surface area contributed by atoms with E-state index in [-0.39, 0.29) is 0 Å². The van der Waals surface area contributed by atoms with E-state index in [9.17, 15) is 0 Å². The van der Waals surface area contributed by atoms with E-state index < -0.39 is 0 Å². The minimum atomic E-state index is 0.915. The highest BCUT2D eigenvalue weighted by Crippen LogP contribution is 2.48. The van der Waals surface area contributed by atoms with Crippen molar-refractivity contribution in [3.63, 3.8) is 0 Å². The summed E-state index contributed by atoms with van der Waals surface area (Å²) in [4.78, 5) is 0. The second-order valence-corrected chi connectivity index (χ2v) is 8.98. The van der Waals surface area contributed by atoms with Crippen LogP contribution in [-0.2, 0) is 0 Å². The van der Waals surface area contributed by atoms with Gasteiger partial charge in [0.25, 0.3) is 0 Å². The lowest BCUT2D eigenvalue weighted by Gasteiger charge is -2.23. The molecule has 1 aliphatic rings. The van der Waals surface area contributed by atoms with Gasteiger partial charge in [-0.1, -0.05) is 78.9 Å². The normalized spacial score (nSPS) is 12.4. The fraction of sp³-hybridized carbons (Fsp3) is 0. The quantitative estimate of drug-likeness (QED) is 0.252. The Labute approximate surface area is 196 Å². The summed E-state index contributed by atoms with van der Waals surface area (Å²) in [6.45, 7) is 0. The van der Waals surface area contributed by atoms with Gasteiger partial charge >= 0.3 is 0 Å². The number of rotatable bonds is 1. The summed E-state index contributed by atoms with van der Waals surface area (Å²) in [7, 11) is 0. The standard InChI is InChI=1S/C32H19NO/c1-2-9-21-19-29-26(18-20(21)8-1)22-10-3-5-14-27(22)33(29)28-16-17-31-32-24(12-7-13-25(28)32)23-11-4-6-15-30(23)34-31/h1-19H. The van der Waals surface area contributed by atoms with Crippen molar-refractivity contribution >= 4 is 43.4 Å². The molecule has 34 heavy (non-hydrogen) atoms. The van der Waals surface area contributed by atoms with Crippen LogP contribution in [0.2, 0.25) is 0 Å². The lowest BCUT2D eigenvalue weighted by atomic mass is 9.94. The molecule has 0 amide bonds. The Balaban J connectivity index is 1.53. The first kappa shape index (κ1) is 17.9. The van der Waals surface area contributed by atoms with Crippen molar-refractivity contribution < 1.29 is 4.74 Å². The second-order valence-electron chi connectivity index (χ2n) is 8.98. The Kier molecular flexibility index (Phi) is 3.42. The van der Waals surface area contributed by atoms with E-state index >= 15 is 0 Å². The van der Waals surface area contributed by atoms with Crippen molar-refractivity contribution in [2.24, 2.45) is 0 Å². The topological polar surface area (TPSA) is 14.2 Å². The molecular weight excluding hydrogens is 414 g/mol. The molecule has 0 unspecified atom stereocenters. The highest BCUT2D eigenvalue weighted by atomic mass is 16.5. The minimum absolute atomic E-state index is 0.915. The van der Waals surface area contributed by atoms with Gasteiger partial charge in [-0.05, 0) is 52.7 Å². The average Bonchev–Trinajstić information content (AvgIpc) is 3.21. The van der Waals surface area contributed by atoms with Gasteiger partial charge in [0.2, 0.25) is 0 Å². The monoisotopic (exact) mass is 433 g/mol. The van der Waals surface area contributed by atoms with Gasteiger partial charge < -0.3 is 9.30 Å². The molecule has 0 saturated carbocycles. The largest absolute Gasteiger partial charge is 0.456 e. The molecule has 0 spiro atoms. The van der Waals surface area contributed by atoms with Crippen molar-refractivity contribution in [3.8, 4) is 28.3 Å². The fourth-order valence-corrected chi connectivity index (χ4v) is 5.67. The molecule has 158 valence electrons. The predicted octanol–water partition coefficient (Wildman–Crippen LogP) is 8.86. The molecule has 1 aliphatic heterocycles. The van der Waals surface area contributed by atoms with E-state index in [0.29, 0.717) is 0 Å². The van der Waals surface area contributed by atoms with E-state index in [0.717, 1.165) is 17.1 Å². The number of ether oxygens (including phenoxy) is 1. The van der Waals surface area contributed by atoms with Crippen LogP contribution >= 0.6 is 0 Å². The van der Waals surface area contributed by atoms with E-state index in [4.69, 9.17) is 4.74 Å². The third-order valence-electron chi connectivity index (χ3n) is 7.16. The first-order chi connectivity index (χ1) is 16.9. The lowest BCUT2D eigenvalue weighted by molar-refractivity contribution is 0.487. The van der Waals surface area contributed by atoms with Gasteiger partial charge in [0.05, 0.1) is 16.7 Å². The van der Waals surface area contributed by atoms with Gasteiger partial charge in [0.1, 0.15) is 11.5 Å². The summed E-state index contributed by atoms with van der Waals surface area (Å²) in [5, 5.41) is 7.42. The second kappa shape index (κ2) is 6.49. The van der Waals surface area contributed by atoms with Crippen LogP contribution in [0.5, 0.6) is 11.5 Å². The minimum Gasteiger partial charge on any atom is -0.456 e. The van der Waals surface area contributed by atoms with Gasteiger partial charge in [-0.15, -0.1) is 0 Å². The summed E-state index contributed by atoms with van der Waals surface area (Å²) in [5.74, 6) is 1.83. The predicted molar refractivity (Wildman–Crippen MR) is 141 cm³/mol. The van der Waals surface area contributed by atoms with Crippen LogP contribution in [0.15, 0.2) is 115 Å². The van der Waals surface area contributed by atoms with Crippen LogP contribution in [-0.4, -0.2) is 4.57 Å². The number of aromatic nitrogens is 1. The Morgan fingerprint density at radius 1 is 0.471 bits per heavy atom. The lowest BCUT2D eigenvalue weighted by Crippen LogP contribution is -2.00. The van der Waals surface area contributed by atoms with Crippen LogP contribution in [0, 0.1) is 0 Å². The zero-order valence-electron chi connectivity index (χ0n) is 18.3. The van der Waals surface area contributed by atoms with Crippen LogP contribution in [0.3, 0.4) is 0 Å². The summed E-state index contributed by atoms with van der Waals surface area (Å²) in [5.41, 5.74) is 5.97. The van der Waals surface area contributed by atoms with Crippen molar-refractivity contribution in [3.05, 3.63) is 115 Å². The molecule has 2 heterocycles. The highest BCUT2D eigenvalue weighted by Gasteiger charge is 2.22. The number of fused-ring (bicyclic) bond motifs is 6. The number of para-hydroxylation sites is 2. The molecule has 6 aromatic carbocycles. The van der Waals surface area contributed by atoms with Crippen molar-refractivity contribution in [2.75, 3.05) is 0 Å². The molecule has 2 nitrogen and oxygen atoms in total. The molecule has 0 atom stereocenters. The van der Waals surface area contributed by atoms with Gasteiger partial charge in [-0.25, -0.2) is 0 Å². The Morgan fingerprint density at radius 2 is 1.21 bits per heavy atom. The van der Waals surface area contributed by atoms with Crippen molar-refractivity contribution in [2.45, 2.75) is 0 Å². The molecule has 0 fully saturated rings. The Bertz CT molecular complexity index is 1940. The number of hydrogen-bond donors (Lipinski definition) is 0. The summed E-state index contributed by atoms with van der Waals surface area (Å²) < 4.78 is 8.76. The zero-order chi connectivity index (χ0) is 22.2. The summed E-state index contributed by atoms with van der Waals surface area (Å²) >= 11 is 0. The SMILES string of the molecule is c1ccc2c(c1)Oc1ccc(-n3c4ccccc4c4cc5ccccc5cc43)c3cccc-2c13. The van der Waals surface area contributed by atoms with Gasteiger partial charge in [-0.3, -0.25) is 0 Å². The zero-order valence-corrected chi connectivity index (χ0v) is 18.3. The van der Waals surface area contributed by atoms with Crippen LogP contribution in [0.1, 0.15) is 0 Å². The van der Waals surface area contributed by atoms with E-state index in [1.165, 1.54) is 54.6 Å². The Morgan fingerprint density at radius 3 is 2.15 bits per heavy atom.